The zero-order valence-electron chi connectivity index (χ0n) is 23.6. The molecule has 8 nitrogen and oxygen atoms in total. The van der Waals surface area contributed by atoms with Crippen molar-refractivity contribution in [1.82, 2.24) is 24.6 Å². The molecule has 222 valence electrons. The number of alkyl halides is 3. The molecule has 1 saturated heterocycles. The molecular weight excluding hydrogens is 560 g/mol. The van der Waals surface area contributed by atoms with Crippen molar-refractivity contribution >= 4 is 17.4 Å². The van der Waals surface area contributed by atoms with Crippen LogP contribution in [0.4, 0.5) is 17.6 Å². The fourth-order valence-corrected chi connectivity index (χ4v) is 4.87. The maximum atomic E-state index is 12.7. The molecule has 0 bridgehead atoms. The Hall–Kier alpha value is -3.76. The number of amides is 1. The van der Waals surface area contributed by atoms with Gasteiger partial charge in [-0.05, 0) is 55.7 Å². The number of nitrogens with zero attached hydrogens (tertiary/aromatic N) is 5. The van der Waals surface area contributed by atoms with Crippen molar-refractivity contribution in [3.63, 3.8) is 0 Å². The van der Waals surface area contributed by atoms with Gasteiger partial charge < -0.3 is 5.32 Å². The average Bonchev–Trinajstić information content (AvgIpc) is 3.43. The van der Waals surface area contributed by atoms with E-state index in [1.165, 1.54) is 24.4 Å². The number of carbonyl (C=O) groups excluding carboxylic acids is 1. The summed E-state index contributed by atoms with van der Waals surface area (Å²) in [4.78, 5) is 21.5. The lowest BCUT2D eigenvalue weighted by Gasteiger charge is -2.19. The summed E-state index contributed by atoms with van der Waals surface area (Å²) in [5.41, 5.74) is 1.31. The van der Waals surface area contributed by atoms with Crippen LogP contribution in [0, 0.1) is 17.1 Å². The maximum Gasteiger partial charge on any atom is 0.451 e. The Morgan fingerprint density at radius 1 is 1.10 bits per heavy atom. The molecule has 0 aliphatic carbocycles. The maximum absolute atomic E-state index is 12.7. The van der Waals surface area contributed by atoms with Crippen LogP contribution in [0.2, 0.25) is 0 Å². The third kappa shape index (κ3) is 10.6. The van der Waals surface area contributed by atoms with E-state index in [9.17, 15) is 26.6 Å². The number of rotatable bonds is 6. The lowest BCUT2D eigenvalue weighted by Crippen LogP contribution is -2.28. The molecule has 1 fully saturated rings. The summed E-state index contributed by atoms with van der Waals surface area (Å²) < 4.78 is 64.0. The fourth-order valence-electron chi connectivity index (χ4n) is 3.50. The van der Waals surface area contributed by atoms with E-state index in [1.54, 1.807) is 12.1 Å². The zero-order valence-corrected chi connectivity index (χ0v) is 24.4. The highest BCUT2D eigenvalue weighted by Crippen LogP contribution is 2.27. The lowest BCUT2D eigenvalue weighted by atomic mass is 10.1. The lowest BCUT2D eigenvalue weighted by molar-refractivity contribution is -0.145. The Labute approximate surface area is 240 Å². The number of pyridine rings is 1. The van der Waals surface area contributed by atoms with Gasteiger partial charge in [-0.15, -0.1) is 0 Å². The minimum Gasteiger partial charge on any atom is -0.355 e. The van der Waals surface area contributed by atoms with E-state index < -0.39 is 23.0 Å². The Bertz CT molecular complexity index is 1280. The first kappa shape index (κ1) is 35.3. The standard InChI is InChI=1S/C13H8F3N5O.C11H14FNOS.2C2H6/c14-13(15,16)12-20-5-10(6-21-12)11-1-8(3-18-7-22)9(2-17)4-19-11;1-9-3-2-8-13(9)15(14)11-6-4-10(12)5-7-11;2*1-2/h1,4-7H,3H2,(H,18,22);4-7,9H,2-3,8H2,1H3;2*1-2H3/t;9-,15?;;/m.1../s1. The van der Waals surface area contributed by atoms with E-state index in [0.717, 1.165) is 31.8 Å². The van der Waals surface area contributed by atoms with Gasteiger partial charge in [0, 0.05) is 43.3 Å². The van der Waals surface area contributed by atoms with E-state index in [0.29, 0.717) is 28.6 Å². The molecule has 4 rings (SSSR count). The molecular formula is C28H34F4N6O2S. The highest BCUT2D eigenvalue weighted by Gasteiger charge is 2.34. The van der Waals surface area contributed by atoms with Crippen molar-refractivity contribution in [1.29, 1.82) is 5.26 Å². The third-order valence-corrected chi connectivity index (χ3v) is 7.05. The van der Waals surface area contributed by atoms with Crippen LogP contribution in [0.5, 0.6) is 0 Å². The monoisotopic (exact) mass is 594 g/mol. The third-order valence-electron chi connectivity index (χ3n) is 5.41. The van der Waals surface area contributed by atoms with Gasteiger partial charge in [-0.2, -0.15) is 18.4 Å². The topological polar surface area (TPSA) is 112 Å². The molecule has 1 aliphatic rings. The number of aromatic nitrogens is 3. The second kappa shape index (κ2) is 17.8. The van der Waals surface area contributed by atoms with Crippen LogP contribution >= 0.6 is 0 Å². The summed E-state index contributed by atoms with van der Waals surface area (Å²) in [6, 6.07) is 9.66. The first-order valence-corrected chi connectivity index (χ1v) is 14.1. The van der Waals surface area contributed by atoms with Crippen LogP contribution in [0.1, 0.15) is 64.4 Å². The van der Waals surface area contributed by atoms with Crippen molar-refractivity contribution in [2.45, 2.75) is 71.1 Å². The number of benzene rings is 1. The molecule has 1 amide bonds. The van der Waals surface area contributed by atoms with E-state index in [1.807, 2.05) is 38.1 Å². The molecule has 3 heterocycles. The van der Waals surface area contributed by atoms with Gasteiger partial charge in [0.1, 0.15) is 22.9 Å². The molecule has 41 heavy (non-hydrogen) atoms. The predicted molar refractivity (Wildman–Crippen MR) is 149 cm³/mol. The summed E-state index contributed by atoms with van der Waals surface area (Å²) in [5.74, 6) is -1.53. The minimum atomic E-state index is -4.62. The van der Waals surface area contributed by atoms with Gasteiger partial charge in [0.2, 0.25) is 12.2 Å². The second-order valence-electron chi connectivity index (χ2n) is 7.97. The van der Waals surface area contributed by atoms with E-state index in [-0.39, 0.29) is 23.5 Å². The molecule has 2 aromatic heterocycles. The minimum absolute atomic E-state index is 0.101. The molecule has 0 radical (unpaired) electrons. The number of hydrogen-bond donors (Lipinski definition) is 1. The Morgan fingerprint density at radius 2 is 1.71 bits per heavy atom. The van der Waals surface area contributed by atoms with E-state index in [2.05, 4.69) is 27.2 Å². The summed E-state index contributed by atoms with van der Waals surface area (Å²) >= 11 is 0. The molecule has 1 N–H and O–H groups in total. The van der Waals surface area contributed by atoms with Crippen molar-refractivity contribution in [2.75, 3.05) is 6.54 Å². The molecule has 13 heteroatoms. The molecule has 1 unspecified atom stereocenters. The molecule has 0 saturated carbocycles. The van der Waals surface area contributed by atoms with Gasteiger partial charge in [0.15, 0.2) is 0 Å². The van der Waals surface area contributed by atoms with Crippen LogP contribution in [0.25, 0.3) is 11.3 Å². The van der Waals surface area contributed by atoms with Gasteiger partial charge >= 0.3 is 6.18 Å². The van der Waals surface area contributed by atoms with Gasteiger partial charge in [-0.25, -0.2) is 22.9 Å². The molecule has 2 atom stereocenters. The van der Waals surface area contributed by atoms with Crippen LogP contribution in [-0.2, 0) is 28.5 Å². The Morgan fingerprint density at radius 3 is 2.20 bits per heavy atom. The summed E-state index contributed by atoms with van der Waals surface area (Å²) in [7, 11) is -1.13. The quantitative estimate of drug-likeness (QED) is 0.274. The van der Waals surface area contributed by atoms with Crippen molar-refractivity contribution < 1.29 is 26.6 Å². The van der Waals surface area contributed by atoms with Gasteiger partial charge in [0.25, 0.3) is 0 Å². The number of nitrogens with one attached hydrogen (secondary N) is 1. The number of hydrogen-bond acceptors (Lipinski definition) is 6. The molecule has 3 aromatic rings. The van der Waals surface area contributed by atoms with Gasteiger partial charge in [-0.3, -0.25) is 9.78 Å². The van der Waals surface area contributed by atoms with Crippen LogP contribution in [0.15, 0.2) is 53.8 Å². The largest absolute Gasteiger partial charge is 0.451 e. The molecule has 1 aliphatic heterocycles. The van der Waals surface area contributed by atoms with E-state index in [4.69, 9.17) is 5.26 Å². The Balaban J connectivity index is 0.000000385. The number of halogens is 4. The van der Waals surface area contributed by atoms with E-state index >= 15 is 0 Å². The first-order valence-electron chi connectivity index (χ1n) is 13.0. The highest BCUT2D eigenvalue weighted by atomic mass is 32.2. The van der Waals surface area contributed by atoms with Gasteiger partial charge in [-0.1, -0.05) is 27.7 Å². The predicted octanol–water partition coefficient (Wildman–Crippen LogP) is 6.06. The van der Waals surface area contributed by atoms with Crippen LogP contribution in [-0.4, -0.2) is 42.5 Å². The van der Waals surface area contributed by atoms with Gasteiger partial charge in [0.05, 0.1) is 16.2 Å². The zero-order chi connectivity index (χ0) is 31.0. The van der Waals surface area contributed by atoms with Crippen LogP contribution in [0.3, 0.4) is 0 Å². The van der Waals surface area contributed by atoms with Crippen molar-refractivity contribution in [3.05, 3.63) is 71.7 Å². The Kier molecular flexibility index (Phi) is 15.3. The first-order chi connectivity index (χ1) is 19.6. The van der Waals surface area contributed by atoms with Crippen molar-refractivity contribution in [3.8, 4) is 17.3 Å². The highest BCUT2D eigenvalue weighted by molar-refractivity contribution is 7.82. The average molecular weight is 595 g/mol. The SMILES string of the molecule is CC.CC.C[C@@H]1CCCN1S(=O)c1ccc(F)cc1.N#Cc1cnc(-c2cnc(C(F)(F)F)nc2)cc1CNC=O. The number of carbonyl (C=O) groups is 1. The fraction of sp³-hybridized carbons (Fsp3) is 0.393. The molecule has 0 spiro atoms. The van der Waals surface area contributed by atoms with Crippen LogP contribution < -0.4 is 5.32 Å². The molecule has 1 aromatic carbocycles. The second-order valence-corrected chi connectivity index (χ2v) is 9.40. The number of nitriles is 1. The van der Waals surface area contributed by atoms with Crippen molar-refractivity contribution in [2.24, 2.45) is 0 Å². The summed E-state index contributed by atoms with van der Waals surface area (Å²) in [5, 5.41) is 11.4. The normalized spacial score (nSPS) is 15.0. The summed E-state index contributed by atoms with van der Waals surface area (Å²) in [6.45, 7) is 11.0. The summed E-state index contributed by atoms with van der Waals surface area (Å²) in [6.07, 6.45) is 1.32. The smallest absolute Gasteiger partial charge is 0.355 e.